The lowest BCUT2D eigenvalue weighted by Gasteiger charge is -2.12. The van der Waals surface area contributed by atoms with Crippen LogP contribution in [-0.4, -0.2) is 18.0 Å². The van der Waals surface area contributed by atoms with Gasteiger partial charge >= 0.3 is 0 Å². The second-order valence-corrected chi connectivity index (χ2v) is 6.65. The third kappa shape index (κ3) is 3.47. The van der Waals surface area contributed by atoms with Crippen LogP contribution < -0.4 is 10.1 Å². The fourth-order valence-corrected chi connectivity index (χ4v) is 3.20. The van der Waals surface area contributed by atoms with Crippen LogP contribution in [0, 0.1) is 13.8 Å². The third-order valence-corrected chi connectivity index (χ3v) is 4.55. The topological polar surface area (TPSA) is 64.4 Å². The van der Waals surface area contributed by atoms with Crippen LogP contribution in [-0.2, 0) is 0 Å². The first-order valence-corrected chi connectivity index (χ1v) is 8.97. The van der Waals surface area contributed by atoms with E-state index in [4.69, 9.17) is 9.15 Å². The Morgan fingerprint density at radius 2 is 1.89 bits per heavy atom. The molecule has 0 aliphatic heterocycles. The number of methoxy groups -OCH3 is 1. The van der Waals surface area contributed by atoms with Crippen LogP contribution in [0.2, 0.25) is 0 Å². The van der Waals surface area contributed by atoms with E-state index in [0.29, 0.717) is 28.5 Å². The number of carbonyl (C=O) groups is 1. The minimum absolute atomic E-state index is 0.218. The number of amides is 1. The van der Waals surface area contributed by atoms with Gasteiger partial charge in [0.1, 0.15) is 11.3 Å². The minimum atomic E-state index is -0.218. The van der Waals surface area contributed by atoms with Crippen molar-refractivity contribution in [1.82, 2.24) is 4.98 Å². The molecule has 1 aromatic heterocycles. The highest BCUT2D eigenvalue weighted by Gasteiger charge is 2.13. The van der Waals surface area contributed by atoms with E-state index in [9.17, 15) is 4.79 Å². The van der Waals surface area contributed by atoms with Crippen molar-refractivity contribution in [2.24, 2.45) is 0 Å². The van der Waals surface area contributed by atoms with E-state index in [1.807, 2.05) is 37.3 Å². The summed E-state index contributed by atoms with van der Waals surface area (Å²) >= 11 is 0. The quantitative estimate of drug-likeness (QED) is 0.523. The summed E-state index contributed by atoms with van der Waals surface area (Å²) in [5.41, 5.74) is 5.73. The average Bonchev–Trinajstić information content (AvgIpc) is 3.06. The SMILES string of the molecule is COc1cc(C(=O)Nc2ccc3nc(C)oc3c2)ccc1-c1cccc(C)c1. The summed E-state index contributed by atoms with van der Waals surface area (Å²) in [5.74, 6) is 1.03. The molecule has 5 nitrogen and oxygen atoms in total. The molecule has 4 aromatic rings. The highest BCUT2D eigenvalue weighted by Crippen LogP contribution is 2.31. The maximum absolute atomic E-state index is 12.7. The largest absolute Gasteiger partial charge is 0.496 e. The summed E-state index contributed by atoms with van der Waals surface area (Å²) in [4.78, 5) is 17.0. The van der Waals surface area contributed by atoms with E-state index in [1.165, 1.54) is 5.56 Å². The molecule has 0 saturated carbocycles. The monoisotopic (exact) mass is 372 g/mol. The van der Waals surface area contributed by atoms with Gasteiger partial charge in [-0.1, -0.05) is 29.8 Å². The number of hydrogen-bond donors (Lipinski definition) is 1. The number of ether oxygens (including phenoxy) is 1. The smallest absolute Gasteiger partial charge is 0.255 e. The molecule has 1 amide bonds. The normalized spacial score (nSPS) is 10.8. The van der Waals surface area contributed by atoms with E-state index >= 15 is 0 Å². The van der Waals surface area contributed by atoms with E-state index in [-0.39, 0.29) is 5.91 Å². The van der Waals surface area contributed by atoms with Gasteiger partial charge in [-0.3, -0.25) is 4.79 Å². The van der Waals surface area contributed by atoms with Gasteiger partial charge in [-0.05, 0) is 42.8 Å². The van der Waals surface area contributed by atoms with Crippen molar-refractivity contribution in [3.05, 3.63) is 77.7 Å². The van der Waals surface area contributed by atoms with Gasteiger partial charge in [0, 0.05) is 29.8 Å². The summed E-state index contributed by atoms with van der Waals surface area (Å²) in [6.07, 6.45) is 0. The molecular formula is C23H20N2O3. The standard InChI is InChI=1S/C23H20N2O3/c1-14-5-4-6-16(11-14)19-9-7-17(12-21(19)27-3)23(26)25-18-8-10-20-22(13-18)28-15(2)24-20/h4-13H,1-3H3,(H,25,26). The maximum atomic E-state index is 12.7. The highest BCUT2D eigenvalue weighted by atomic mass is 16.5. The first-order chi connectivity index (χ1) is 13.5. The van der Waals surface area contributed by atoms with Crippen molar-refractivity contribution in [2.45, 2.75) is 13.8 Å². The molecule has 0 spiro atoms. The number of oxazole rings is 1. The van der Waals surface area contributed by atoms with E-state index in [1.54, 1.807) is 38.3 Å². The Balaban J connectivity index is 1.61. The van der Waals surface area contributed by atoms with E-state index in [0.717, 1.165) is 16.6 Å². The van der Waals surface area contributed by atoms with Crippen molar-refractivity contribution in [1.29, 1.82) is 0 Å². The lowest BCUT2D eigenvalue weighted by Crippen LogP contribution is -2.12. The van der Waals surface area contributed by atoms with Crippen LogP contribution in [0.4, 0.5) is 5.69 Å². The van der Waals surface area contributed by atoms with Gasteiger partial charge in [-0.2, -0.15) is 0 Å². The Morgan fingerprint density at radius 1 is 1.04 bits per heavy atom. The van der Waals surface area contributed by atoms with Crippen molar-refractivity contribution < 1.29 is 13.9 Å². The first kappa shape index (κ1) is 17.8. The fourth-order valence-electron chi connectivity index (χ4n) is 3.20. The van der Waals surface area contributed by atoms with Crippen molar-refractivity contribution in [3.63, 3.8) is 0 Å². The molecule has 1 N–H and O–H groups in total. The predicted molar refractivity (Wildman–Crippen MR) is 110 cm³/mol. The molecule has 5 heteroatoms. The van der Waals surface area contributed by atoms with Crippen LogP contribution in [0.3, 0.4) is 0 Å². The van der Waals surface area contributed by atoms with Gasteiger partial charge in [-0.15, -0.1) is 0 Å². The fraction of sp³-hybridized carbons (Fsp3) is 0.130. The van der Waals surface area contributed by atoms with Gasteiger partial charge in [0.25, 0.3) is 5.91 Å². The molecule has 3 aromatic carbocycles. The number of nitrogens with one attached hydrogen (secondary N) is 1. The zero-order valence-electron chi connectivity index (χ0n) is 15.9. The van der Waals surface area contributed by atoms with Crippen LogP contribution in [0.25, 0.3) is 22.2 Å². The van der Waals surface area contributed by atoms with E-state index in [2.05, 4.69) is 16.4 Å². The Hall–Kier alpha value is -3.60. The average molecular weight is 372 g/mol. The number of benzene rings is 3. The molecular weight excluding hydrogens is 352 g/mol. The molecule has 0 radical (unpaired) electrons. The van der Waals surface area contributed by atoms with Crippen molar-refractivity contribution in [3.8, 4) is 16.9 Å². The molecule has 0 bridgehead atoms. The molecule has 0 aliphatic rings. The maximum Gasteiger partial charge on any atom is 0.255 e. The molecule has 0 unspecified atom stereocenters. The number of rotatable bonds is 4. The zero-order chi connectivity index (χ0) is 19.7. The second kappa shape index (κ2) is 7.19. The number of aromatic nitrogens is 1. The molecule has 0 saturated heterocycles. The number of fused-ring (bicyclic) bond motifs is 1. The van der Waals surface area contributed by atoms with Crippen LogP contribution in [0.15, 0.2) is 65.1 Å². The predicted octanol–water partition coefficient (Wildman–Crippen LogP) is 5.37. The molecule has 1 heterocycles. The number of aryl methyl sites for hydroxylation is 2. The van der Waals surface area contributed by atoms with Crippen LogP contribution in [0.1, 0.15) is 21.8 Å². The van der Waals surface area contributed by atoms with Crippen LogP contribution in [0.5, 0.6) is 5.75 Å². The van der Waals surface area contributed by atoms with Gasteiger partial charge in [-0.25, -0.2) is 4.98 Å². The summed E-state index contributed by atoms with van der Waals surface area (Å²) in [7, 11) is 1.61. The number of carbonyl (C=O) groups excluding carboxylic acids is 1. The lowest BCUT2D eigenvalue weighted by molar-refractivity contribution is 0.102. The van der Waals surface area contributed by atoms with Crippen molar-refractivity contribution in [2.75, 3.05) is 12.4 Å². The molecule has 4 rings (SSSR count). The Bertz CT molecular complexity index is 1180. The number of anilines is 1. The van der Waals surface area contributed by atoms with Gasteiger partial charge in [0.15, 0.2) is 11.5 Å². The first-order valence-electron chi connectivity index (χ1n) is 8.97. The highest BCUT2D eigenvalue weighted by molar-refractivity contribution is 6.05. The van der Waals surface area contributed by atoms with Gasteiger partial charge in [0.05, 0.1) is 7.11 Å². The Morgan fingerprint density at radius 3 is 2.68 bits per heavy atom. The third-order valence-electron chi connectivity index (χ3n) is 4.55. The summed E-state index contributed by atoms with van der Waals surface area (Å²) in [6.45, 7) is 3.84. The van der Waals surface area contributed by atoms with E-state index < -0.39 is 0 Å². The molecule has 28 heavy (non-hydrogen) atoms. The van der Waals surface area contributed by atoms with Gasteiger partial charge in [0.2, 0.25) is 0 Å². The minimum Gasteiger partial charge on any atom is -0.496 e. The number of hydrogen-bond acceptors (Lipinski definition) is 4. The summed E-state index contributed by atoms with van der Waals surface area (Å²) < 4.78 is 11.1. The summed E-state index contributed by atoms with van der Waals surface area (Å²) in [5, 5.41) is 2.90. The Labute approximate surface area is 163 Å². The van der Waals surface area contributed by atoms with Gasteiger partial charge < -0.3 is 14.5 Å². The molecule has 140 valence electrons. The lowest BCUT2D eigenvalue weighted by atomic mass is 10.0. The number of nitrogens with zero attached hydrogens (tertiary/aromatic N) is 1. The van der Waals surface area contributed by atoms with Crippen molar-refractivity contribution >= 4 is 22.7 Å². The molecule has 0 atom stereocenters. The van der Waals surface area contributed by atoms with Crippen LogP contribution >= 0.6 is 0 Å². The summed E-state index contributed by atoms with van der Waals surface area (Å²) in [6, 6.07) is 19.0. The molecule has 0 aliphatic carbocycles. The Kier molecular flexibility index (Phi) is 4.57. The second-order valence-electron chi connectivity index (χ2n) is 6.65. The molecule has 0 fully saturated rings. The zero-order valence-corrected chi connectivity index (χ0v) is 15.9.